The van der Waals surface area contributed by atoms with E-state index < -0.39 is 11.8 Å². The van der Waals surface area contributed by atoms with Crippen LogP contribution < -0.4 is 0 Å². The molecule has 1 aliphatic rings. The van der Waals surface area contributed by atoms with Crippen molar-refractivity contribution in [3.8, 4) is 5.69 Å². The predicted molar refractivity (Wildman–Crippen MR) is 109 cm³/mol. The molecule has 0 bridgehead atoms. The Hall–Kier alpha value is -2.25. The number of amides is 2. The number of hydrogen-bond acceptors (Lipinski definition) is 3. The van der Waals surface area contributed by atoms with Crippen LogP contribution in [0, 0.1) is 13.8 Å². The third-order valence-electron chi connectivity index (χ3n) is 4.56. The normalized spacial score (nSPS) is 15.1. The first kappa shape index (κ1) is 18.5. The lowest BCUT2D eigenvalue weighted by molar-refractivity contribution is -0.132. The number of para-hydroxylation sites is 1. The van der Waals surface area contributed by atoms with Gasteiger partial charge in [-0.25, -0.2) is 0 Å². The zero-order valence-electron chi connectivity index (χ0n) is 14.9. The van der Waals surface area contributed by atoms with Crippen LogP contribution in [0.4, 0.5) is 0 Å². The average molecular weight is 432 g/mol. The Bertz CT molecular complexity index is 937. The maximum Gasteiger partial charge on any atom is 0.265 e. The molecule has 2 amide bonds. The van der Waals surface area contributed by atoms with Gasteiger partial charge in [-0.05, 0) is 60.2 Å². The summed E-state index contributed by atoms with van der Waals surface area (Å²) in [7, 11) is 3.15. The van der Waals surface area contributed by atoms with E-state index in [1.807, 2.05) is 44.2 Å². The molecule has 0 radical (unpaired) electrons. The predicted octanol–water partition coefficient (Wildman–Crippen LogP) is 3.46. The summed E-state index contributed by atoms with van der Waals surface area (Å²) in [6.07, 6.45) is 1.64. The molecular formula is C19H18BrN3O2S. The minimum absolute atomic E-state index is 0.0950. The Morgan fingerprint density at radius 3 is 2.04 bits per heavy atom. The van der Waals surface area contributed by atoms with Gasteiger partial charge in [-0.3, -0.25) is 19.4 Å². The topological polar surface area (TPSA) is 45.6 Å². The van der Waals surface area contributed by atoms with Crippen LogP contribution in [-0.2, 0) is 9.59 Å². The molecule has 3 rings (SSSR count). The highest BCUT2D eigenvalue weighted by atomic mass is 79.9. The Labute approximate surface area is 166 Å². The minimum atomic E-state index is -0.394. The van der Waals surface area contributed by atoms with Crippen molar-refractivity contribution >= 4 is 51.2 Å². The van der Waals surface area contributed by atoms with Crippen LogP contribution in [0.5, 0.6) is 0 Å². The highest BCUT2D eigenvalue weighted by Crippen LogP contribution is 2.33. The number of thiocarbonyl (C=S) groups is 1. The minimum Gasteiger partial charge on any atom is -0.317 e. The average Bonchev–Trinajstić information content (AvgIpc) is 2.85. The van der Waals surface area contributed by atoms with Crippen molar-refractivity contribution in [2.75, 3.05) is 14.1 Å². The highest BCUT2D eigenvalue weighted by molar-refractivity contribution is 9.10. The second kappa shape index (κ2) is 6.81. The number of rotatable bonds is 2. The molecular weight excluding hydrogens is 414 g/mol. The van der Waals surface area contributed by atoms with Crippen molar-refractivity contribution < 1.29 is 9.59 Å². The van der Waals surface area contributed by atoms with Crippen LogP contribution in [0.25, 0.3) is 11.8 Å². The molecule has 134 valence electrons. The Morgan fingerprint density at radius 2 is 1.50 bits per heavy atom. The van der Waals surface area contributed by atoms with Gasteiger partial charge < -0.3 is 4.57 Å². The zero-order valence-corrected chi connectivity index (χ0v) is 17.3. The molecule has 7 heteroatoms. The maximum atomic E-state index is 12.6. The van der Waals surface area contributed by atoms with Crippen molar-refractivity contribution in [1.29, 1.82) is 0 Å². The number of aromatic nitrogens is 1. The summed E-state index contributed by atoms with van der Waals surface area (Å²) >= 11 is 8.75. The molecule has 0 spiro atoms. The summed E-state index contributed by atoms with van der Waals surface area (Å²) in [6, 6.07) is 9.93. The van der Waals surface area contributed by atoms with Gasteiger partial charge in [0.15, 0.2) is 5.11 Å². The molecule has 1 fully saturated rings. The number of halogens is 1. The molecule has 1 saturated heterocycles. The number of carbonyl (C=O) groups is 2. The molecule has 1 aromatic carbocycles. The van der Waals surface area contributed by atoms with Crippen molar-refractivity contribution in [2.45, 2.75) is 13.8 Å². The van der Waals surface area contributed by atoms with E-state index in [0.29, 0.717) is 0 Å². The summed E-state index contributed by atoms with van der Waals surface area (Å²) in [5.74, 6) is -0.788. The molecule has 0 unspecified atom stereocenters. The number of hydrogen-bond donors (Lipinski definition) is 0. The largest absolute Gasteiger partial charge is 0.317 e. The number of benzene rings is 1. The third kappa shape index (κ3) is 2.81. The molecule has 0 aliphatic carbocycles. The van der Waals surface area contributed by atoms with E-state index in [0.717, 1.165) is 27.1 Å². The van der Waals surface area contributed by atoms with E-state index >= 15 is 0 Å². The second-order valence-electron chi connectivity index (χ2n) is 6.14. The third-order valence-corrected chi connectivity index (χ3v) is 6.11. The monoisotopic (exact) mass is 431 g/mol. The van der Waals surface area contributed by atoms with Crippen molar-refractivity contribution in [2.24, 2.45) is 0 Å². The molecule has 2 aromatic rings. The van der Waals surface area contributed by atoms with Crippen LogP contribution in [-0.4, -0.2) is 45.4 Å². The summed E-state index contributed by atoms with van der Waals surface area (Å²) in [5, 5.41) is 0.200. The van der Waals surface area contributed by atoms with Crippen molar-refractivity contribution in [1.82, 2.24) is 14.4 Å². The SMILES string of the molecule is Cc1c(Br)c(C=C2C(=O)N(C)C(=S)N(C)C2=O)c(C)n1-c1ccccc1. The van der Waals surface area contributed by atoms with E-state index in [1.54, 1.807) is 20.2 Å². The summed E-state index contributed by atoms with van der Waals surface area (Å²) < 4.78 is 2.94. The molecule has 0 N–H and O–H groups in total. The molecule has 1 aromatic heterocycles. The molecule has 0 atom stereocenters. The zero-order chi connectivity index (χ0) is 19.2. The lowest BCUT2D eigenvalue weighted by Crippen LogP contribution is -2.52. The van der Waals surface area contributed by atoms with Crippen LogP contribution >= 0.6 is 28.1 Å². The van der Waals surface area contributed by atoms with Crippen LogP contribution in [0.1, 0.15) is 17.0 Å². The molecule has 26 heavy (non-hydrogen) atoms. The number of likely N-dealkylation sites (N-methyl/N-ethyl adjacent to an activating group) is 2. The van der Waals surface area contributed by atoms with E-state index in [1.165, 1.54) is 9.80 Å². The lowest BCUT2D eigenvalue weighted by Gasteiger charge is -2.31. The van der Waals surface area contributed by atoms with Gasteiger partial charge >= 0.3 is 0 Å². The van der Waals surface area contributed by atoms with Gasteiger partial charge in [0.2, 0.25) is 0 Å². The van der Waals surface area contributed by atoms with Gasteiger partial charge in [-0.15, -0.1) is 0 Å². The summed E-state index contributed by atoms with van der Waals surface area (Å²) in [6.45, 7) is 3.96. The number of nitrogens with zero attached hydrogens (tertiary/aromatic N) is 3. The highest BCUT2D eigenvalue weighted by Gasteiger charge is 2.35. The fourth-order valence-electron chi connectivity index (χ4n) is 3.08. The van der Waals surface area contributed by atoms with Gasteiger partial charge in [-0.1, -0.05) is 18.2 Å². The van der Waals surface area contributed by atoms with E-state index in [4.69, 9.17) is 12.2 Å². The Kier molecular flexibility index (Phi) is 4.86. The summed E-state index contributed by atoms with van der Waals surface area (Å²) in [4.78, 5) is 27.8. The smallest absolute Gasteiger partial charge is 0.265 e. The van der Waals surface area contributed by atoms with Gasteiger partial charge in [0.25, 0.3) is 11.8 Å². The molecule has 2 heterocycles. The van der Waals surface area contributed by atoms with Gasteiger partial charge in [0, 0.05) is 41.2 Å². The Balaban J connectivity index is 2.17. The van der Waals surface area contributed by atoms with Gasteiger partial charge in [-0.2, -0.15) is 0 Å². The van der Waals surface area contributed by atoms with Crippen molar-refractivity contribution in [3.05, 3.63) is 57.3 Å². The molecule has 0 saturated carbocycles. The molecule has 1 aliphatic heterocycles. The Morgan fingerprint density at radius 1 is 0.962 bits per heavy atom. The fraction of sp³-hybridized carbons (Fsp3) is 0.211. The second-order valence-corrected chi connectivity index (χ2v) is 7.30. The van der Waals surface area contributed by atoms with Gasteiger partial charge in [0.1, 0.15) is 5.57 Å². The fourth-order valence-corrected chi connectivity index (χ4v) is 3.82. The first-order valence-electron chi connectivity index (χ1n) is 8.00. The van der Waals surface area contributed by atoms with Crippen LogP contribution in [0.15, 0.2) is 40.4 Å². The van der Waals surface area contributed by atoms with Crippen LogP contribution in [0.2, 0.25) is 0 Å². The van der Waals surface area contributed by atoms with E-state index in [2.05, 4.69) is 20.5 Å². The first-order valence-corrected chi connectivity index (χ1v) is 9.20. The van der Waals surface area contributed by atoms with E-state index in [-0.39, 0.29) is 10.7 Å². The number of carbonyl (C=O) groups excluding carboxylic acids is 2. The van der Waals surface area contributed by atoms with Crippen molar-refractivity contribution in [3.63, 3.8) is 0 Å². The first-order chi connectivity index (χ1) is 12.3. The maximum absolute atomic E-state index is 12.6. The van der Waals surface area contributed by atoms with Crippen LogP contribution in [0.3, 0.4) is 0 Å². The standard InChI is InChI=1S/C19H18BrN3O2S/c1-11-14(10-15-17(24)21(3)19(26)22(4)18(15)25)16(20)12(2)23(11)13-8-6-5-7-9-13/h5-10H,1-4H3. The molecule has 5 nitrogen and oxygen atoms in total. The van der Waals surface area contributed by atoms with E-state index in [9.17, 15) is 9.59 Å². The quantitative estimate of drug-likeness (QED) is 0.415. The van der Waals surface area contributed by atoms with Gasteiger partial charge in [0.05, 0.1) is 0 Å². The summed E-state index contributed by atoms with van der Waals surface area (Å²) in [5.41, 5.74) is 3.85. The lowest BCUT2D eigenvalue weighted by atomic mass is 10.1.